The molecule has 0 unspecified atom stereocenters. The summed E-state index contributed by atoms with van der Waals surface area (Å²) in [6.07, 6.45) is -4.25. The van der Waals surface area contributed by atoms with Gasteiger partial charge in [0.15, 0.2) is 11.2 Å². The van der Waals surface area contributed by atoms with Crippen LogP contribution in [-0.2, 0) is 17.9 Å². The molecular formula is C25H26F3N5O4. The quantitative estimate of drug-likeness (QED) is 0.384. The number of aromatic nitrogens is 4. The molecule has 3 heterocycles. The highest BCUT2D eigenvalue weighted by atomic mass is 19.4. The molecule has 0 aliphatic carbocycles. The van der Waals surface area contributed by atoms with Crippen LogP contribution in [0.25, 0.3) is 16.9 Å². The van der Waals surface area contributed by atoms with Crippen LogP contribution in [0, 0.1) is 0 Å². The standard InChI is InChI=1S/C25H26F3N5O4/c1-31-11-10-19(14-31)36-23-21-22(33(30-23)18-6-4-3-5-7-18)29-24(34)32(21)13-17-12-16(15-35-2)8-9-20(17)37-25(26,27)28/h3-9,12,19H,10-11,13-15H2,1-2H3,(H,29,34)/t19-/m1/s1. The van der Waals surface area contributed by atoms with Gasteiger partial charge < -0.3 is 19.1 Å². The van der Waals surface area contributed by atoms with Crippen molar-refractivity contribution in [3.8, 4) is 17.3 Å². The third-order valence-corrected chi connectivity index (χ3v) is 6.19. The molecule has 1 aliphatic heterocycles. The van der Waals surface area contributed by atoms with Crippen molar-refractivity contribution in [3.63, 3.8) is 0 Å². The van der Waals surface area contributed by atoms with Crippen molar-refractivity contribution in [3.05, 3.63) is 70.1 Å². The van der Waals surface area contributed by atoms with Gasteiger partial charge in [-0.2, -0.15) is 0 Å². The lowest BCUT2D eigenvalue weighted by atomic mass is 10.1. The van der Waals surface area contributed by atoms with E-state index in [0.717, 1.165) is 13.0 Å². The molecule has 5 rings (SSSR count). The number of para-hydroxylation sites is 1. The highest BCUT2D eigenvalue weighted by Gasteiger charge is 2.33. The minimum absolute atomic E-state index is 0.139. The molecule has 0 radical (unpaired) electrons. The maximum Gasteiger partial charge on any atom is 0.573 e. The van der Waals surface area contributed by atoms with Crippen molar-refractivity contribution in [2.75, 3.05) is 27.2 Å². The Morgan fingerprint density at radius 2 is 1.95 bits per heavy atom. The number of halogens is 3. The Morgan fingerprint density at radius 1 is 1.16 bits per heavy atom. The summed E-state index contributed by atoms with van der Waals surface area (Å²) < 4.78 is 57.9. The minimum atomic E-state index is -4.89. The number of alkyl halides is 3. The van der Waals surface area contributed by atoms with E-state index in [-0.39, 0.29) is 30.7 Å². The van der Waals surface area contributed by atoms with Crippen LogP contribution in [0.15, 0.2) is 53.3 Å². The van der Waals surface area contributed by atoms with E-state index in [2.05, 4.69) is 19.7 Å². The second kappa shape index (κ2) is 9.94. The zero-order valence-corrected chi connectivity index (χ0v) is 20.3. The normalized spacial score (nSPS) is 16.5. The Balaban J connectivity index is 1.62. The van der Waals surface area contributed by atoms with Gasteiger partial charge in [-0.3, -0.25) is 9.55 Å². The largest absolute Gasteiger partial charge is 0.573 e. The van der Waals surface area contributed by atoms with Crippen molar-refractivity contribution in [1.82, 2.24) is 24.2 Å². The smallest absolute Gasteiger partial charge is 0.470 e. The number of ether oxygens (including phenoxy) is 3. The summed E-state index contributed by atoms with van der Waals surface area (Å²) in [5.41, 5.74) is 1.72. The number of likely N-dealkylation sites (tertiary alicyclic amines) is 1. The maximum atomic E-state index is 13.2. The predicted molar refractivity (Wildman–Crippen MR) is 129 cm³/mol. The summed E-state index contributed by atoms with van der Waals surface area (Å²) in [6, 6.07) is 13.5. The first-order chi connectivity index (χ1) is 17.7. The van der Waals surface area contributed by atoms with Crippen molar-refractivity contribution in [2.24, 2.45) is 0 Å². The maximum absolute atomic E-state index is 13.2. The van der Waals surface area contributed by atoms with Gasteiger partial charge in [0, 0.05) is 25.8 Å². The van der Waals surface area contributed by atoms with Crippen LogP contribution in [0.2, 0.25) is 0 Å². The zero-order valence-electron chi connectivity index (χ0n) is 20.3. The molecule has 37 heavy (non-hydrogen) atoms. The molecule has 2 aromatic heterocycles. The molecule has 1 aliphatic rings. The molecule has 196 valence electrons. The topological polar surface area (TPSA) is 86.5 Å². The van der Waals surface area contributed by atoms with Gasteiger partial charge in [0.25, 0.3) is 5.88 Å². The van der Waals surface area contributed by atoms with E-state index in [0.29, 0.717) is 29.0 Å². The molecule has 0 spiro atoms. The third-order valence-electron chi connectivity index (χ3n) is 6.19. The fourth-order valence-electron chi connectivity index (χ4n) is 4.56. The first kappa shape index (κ1) is 24.9. The summed E-state index contributed by atoms with van der Waals surface area (Å²) in [6.45, 7) is 1.53. The molecule has 1 saturated heterocycles. The Hall–Kier alpha value is -3.77. The number of likely N-dealkylation sites (N-methyl/N-ethyl adjacent to an activating group) is 1. The molecule has 4 aromatic rings. The van der Waals surface area contributed by atoms with Crippen LogP contribution in [0.5, 0.6) is 11.6 Å². The number of nitrogens with zero attached hydrogens (tertiary/aromatic N) is 4. The van der Waals surface area contributed by atoms with Gasteiger partial charge in [-0.1, -0.05) is 24.3 Å². The Morgan fingerprint density at radius 3 is 2.62 bits per heavy atom. The van der Waals surface area contributed by atoms with E-state index in [4.69, 9.17) is 9.47 Å². The Kier molecular flexibility index (Phi) is 6.69. The van der Waals surface area contributed by atoms with Gasteiger partial charge in [-0.15, -0.1) is 18.3 Å². The second-order valence-corrected chi connectivity index (χ2v) is 8.98. The fraction of sp³-hybridized carbons (Fsp3) is 0.360. The number of methoxy groups -OCH3 is 1. The lowest BCUT2D eigenvalue weighted by Gasteiger charge is -2.15. The zero-order chi connectivity index (χ0) is 26.2. The highest BCUT2D eigenvalue weighted by Crippen LogP contribution is 2.32. The van der Waals surface area contributed by atoms with Gasteiger partial charge in [-0.25, -0.2) is 9.48 Å². The third kappa shape index (κ3) is 5.35. The van der Waals surface area contributed by atoms with Crippen molar-refractivity contribution < 1.29 is 27.4 Å². The highest BCUT2D eigenvalue weighted by molar-refractivity contribution is 5.79. The summed E-state index contributed by atoms with van der Waals surface area (Å²) >= 11 is 0. The number of hydrogen-bond donors (Lipinski definition) is 1. The van der Waals surface area contributed by atoms with Crippen LogP contribution < -0.4 is 15.2 Å². The summed E-state index contributed by atoms with van der Waals surface area (Å²) in [5, 5.41) is 4.63. The predicted octanol–water partition coefficient (Wildman–Crippen LogP) is 3.69. The van der Waals surface area contributed by atoms with Gasteiger partial charge in [0.2, 0.25) is 0 Å². The van der Waals surface area contributed by atoms with Gasteiger partial charge in [0.1, 0.15) is 11.9 Å². The van der Waals surface area contributed by atoms with Crippen molar-refractivity contribution in [2.45, 2.75) is 32.0 Å². The van der Waals surface area contributed by atoms with E-state index >= 15 is 0 Å². The van der Waals surface area contributed by atoms with Crippen LogP contribution >= 0.6 is 0 Å². The van der Waals surface area contributed by atoms with Gasteiger partial charge in [-0.05, 0) is 43.3 Å². The van der Waals surface area contributed by atoms with Crippen LogP contribution in [0.3, 0.4) is 0 Å². The van der Waals surface area contributed by atoms with E-state index in [1.165, 1.54) is 29.9 Å². The molecule has 2 aromatic carbocycles. The van der Waals surface area contributed by atoms with E-state index in [9.17, 15) is 18.0 Å². The lowest BCUT2D eigenvalue weighted by molar-refractivity contribution is -0.274. The minimum Gasteiger partial charge on any atom is -0.470 e. The van der Waals surface area contributed by atoms with Gasteiger partial charge in [0.05, 0.1) is 18.8 Å². The molecule has 0 saturated carbocycles. The molecule has 9 nitrogen and oxygen atoms in total. The van der Waals surface area contributed by atoms with Crippen molar-refractivity contribution >= 4 is 11.2 Å². The molecule has 0 bridgehead atoms. The van der Waals surface area contributed by atoms with Crippen LogP contribution in [0.4, 0.5) is 13.2 Å². The number of fused-ring (bicyclic) bond motifs is 1. The van der Waals surface area contributed by atoms with Gasteiger partial charge >= 0.3 is 12.1 Å². The molecule has 1 N–H and O–H groups in total. The van der Waals surface area contributed by atoms with E-state index in [1.54, 1.807) is 4.68 Å². The number of hydrogen-bond acceptors (Lipinski definition) is 6. The number of aromatic amines is 1. The SMILES string of the molecule is COCc1ccc(OC(F)(F)F)c(Cn2c(=O)[nH]c3c2c(O[C@@H]2CCN(C)C2)nn3-c2ccccc2)c1. The summed E-state index contributed by atoms with van der Waals surface area (Å²) in [5.74, 6) is -0.173. The molecule has 1 atom stereocenters. The first-order valence-corrected chi connectivity index (χ1v) is 11.7. The first-order valence-electron chi connectivity index (χ1n) is 11.7. The number of H-pyrrole nitrogens is 1. The van der Waals surface area contributed by atoms with Crippen LogP contribution in [-0.4, -0.2) is 63.9 Å². The van der Waals surface area contributed by atoms with E-state index < -0.39 is 17.8 Å². The van der Waals surface area contributed by atoms with Crippen molar-refractivity contribution in [1.29, 1.82) is 0 Å². The second-order valence-electron chi connectivity index (χ2n) is 8.98. The lowest BCUT2D eigenvalue weighted by Crippen LogP contribution is -2.23. The Labute approximate surface area is 210 Å². The van der Waals surface area contributed by atoms with Crippen LogP contribution in [0.1, 0.15) is 17.5 Å². The molecular weight excluding hydrogens is 491 g/mol. The number of imidazole rings is 1. The average molecular weight is 518 g/mol. The Bertz CT molecular complexity index is 1440. The number of benzene rings is 2. The van der Waals surface area contributed by atoms with E-state index in [1.807, 2.05) is 37.4 Å². The summed E-state index contributed by atoms with van der Waals surface area (Å²) in [7, 11) is 3.48. The monoisotopic (exact) mass is 517 g/mol. The number of rotatable bonds is 8. The fourth-order valence-corrected chi connectivity index (χ4v) is 4.56. The summed E-state index contributed by atoms with van der Waals surface area (Å²) in [4.78, 5) is 18.1. The molecule has 12 heteroatoms. The molecule has 0 amide bonds. The number of nitrogens with one attached hydrogen (secondary N) is 1. The molecule has 1 fully saturated rings. The average Bonchev–Trinajstić information content (AvgIpc) is 3.51.